The van der Waals surface area contributed by atoms with E-state index in [0.717, 1.165) is 11.4 Å². The van der Waals surface area contributed by atoms with Gasteiger partial charge in [-0.15, -0.1) is 0 Å². The molecule has 1 unspecified atom stereocenters. The molecule has 1 amide bonds. The van der Waals surface area contributed by atoms with Gasteiger partial charge in [-0.1, -0.05) is 30.3 Å². The summed E-state index contributed by atoms with van der Waals surface area (Å²) in [6, 6.07) is 11.1. The highest BCUT2D eigenvalue weighted by atomic mass is 16.5. The van der Waals surface area contributed by atoms with Gasteiger partial charge in [-0.3, -0.25) is 4.79 Å². The average molecular weight is 325 g/mol. The van der Waals surface area contributed by atoms with Crippen molar-refractivity contribution < 1.29 is 9.32 Å². The Kier molecular flexibility index (Phi) is 4.60. The van der Waals surface area contributed by atoms with Gasteiger partial charge in [0.25, 0.3) is 0 Å². The summed E-state index contributed by atoms with van der Waals surface area (Å²) in [5.41, 5.74) is 1.73. The molecule has 24 heavy (non-hydrogen) atoms. The number of nitrogens with zero attached hydrogens (tertiary/aromatic N) is 3. The second kappa shape index (κ2) is 6.99. The van der Waals surface area contributed by atoms with Gasteiger partial charge in [-0.2, -0.15) is 5.10 Å². The maximum Gasteiger partial charge on any atom is 0.248 e. The van der Waals surface area contributed by atoms with Crippen molar-refractivity contribution in [2.24, 2.45) is 0 Å². The van der Waals surface area contributed by atoms with Crippen LogP contribution >= 0.6 is 0 Å². The van der Waals surface area contributed by atoms with Crippen molar-refractivity contribution in [3.63, 3.8) is 0 Å². The molecule has 0 aliphatic carbocycles. The van der Waals surface area contributed by atoms with Crippen LogP contribution in [0.5, 0.6) is 0 Å². The predicted octanol–water partition coefficient (Wildman–Crippen LogP) is 3.00. The lowest BCUT2D eigenvalue weighted by atomic mass is 10.2. The van der Waals surface area contributed by atoms with E-state index >= 15 is 0 Å². The molecule has 7 nitrogen and oxygen atoms in total. The lowest BCUT2D eigenvalue weighted by Gasteiger charge is -2.15. The van der Waals surface area contributed by atoms with E-state index in [1.165, 1.54) is 0 Å². The van der Waals surface area contributed by atoms with Crippen molar-refractivity contribution in [2.75, 3.05) is 10.6 Å². The van der Waals surface area contributed by atoms with E-state index in [9.17, 15) is 4.79 Å². The van der Waals surface area contributed by atoms with Gasteiger partial charge in [-0.25, -0.2) is 4.68 Å². The van der Waals surface area contributed by atoms with Crippen molar-refractivity contribution in [3.8, 4) is 5.69 Å². The predicted molar refractivity (Wildman–Crippen MR) is 91.1 cm³/mol. The van der Waals surface area contributed by atoms with Crippen LogP contribution in [-0.2, 0) is 4.79 Å². The Hall–Kier alpha value is -3.09. The molecule has 1 atom stereocenters. The topological polar surface area (TPSA) is 85.0 Å². The van der Waals surface area contributed by atoms with E-state index in [-0.39, 0.29) is 5.91 Å². The van der Waals surface area contributed by atoms with Gasteiger partial charge in [0.15, 0.2) is 5.82 Å². The lowest BCUT2D eigenvalue weighted by molar-refractivity contribution is -0.117. The van der Waals surface area contributed by atoms with Crippen LogP contribution in [0.2, 0.25) is 0 Å². The van der Waals surface area contributed by atoms with Crippen LogP contribution < -0.4 is 10.6 Å². The first-order valence-corrected chi connectivity index (χ1v) is 7.76. The monoisotopic (exact) mass is 325 g/mol. The molecule has 2 heterocycles. The molecule has 2 N–H and O–H groups in total. The highest BCUT2D eigenvalue weighted by molar-refractivity contribution is 5.95. The van der Waals surface area contributed by atoms with Crippen LogP contribution in [0.25, 0.3) is 5.69 Å². The number of para-hydroxylation sites is 1. The number of nitrogens with one attached hydrogen (secondary N) is 2. The average Bonchev–Trinajstić information content (AvgIpc) is 3.22. The molecular weight excluding hydrogens is 306 g/mol. The zero-order chi connectivity index (χ0) is 16.9. The largest absolute Gasteiger partial charge is 0.371 e. The fourth-order valence-electron chi connectivity index (χ4n) is 2.31. The van der Waals surface area contributed by atoms with Crippen LogP contribution in [0.3, 0.4) is 0 Å². The third-order valence-electron chi connectivity index (χ3n) is 3.55. The van der Waals surface area contributed by atoms with Crippen LogP contribution in [0, 0.1) is 6.92 Å². The molecular formula is C17H19N5O2. The molecule has 0 radical (unpaired) electrons. The van der Waals surface area contributed by atoms with E-state index in [1.54, 1.807) is 23.9 Å². The van der Waals surface area contributed by atoms with Crippen molar-refractivity contribution >= 4 is 17.4 Å². The fraction of sp³-hybridized carbons (Fsp3) is 0.235. The van der Waals surface area contributed by atoms with E-state index in [4.69, 9.17) is 4.52 Å². The summed E-state index contributed by atoms with van der Waals surface area (Å²) < 4.78 is 6.71. The Labute approximate surface area is 139 Å². The van der Waals surface area contributed by atoms with Crippen molar-refractivity contribution in [3.05, 3.63) is 54.6 Å². The van der Waals surface area contributed by atoms with E-state index in [0.29, 0.717) is 18.0 Å². The fourth-order valence-corrected chi connectivity index (χ4v) is 2.31. The minimum atomic E-state index is -0.393. The number of benzene rings is 1. The number of hydrogen-bond donors (Lipinski definition) is 2. The quantitative estimate of drug-likeness (QED) is 0.728. The maximum absolute atomic E-state index is 12.4. The lowest BCUT2D eigenvalue weighted by Crippen LogP contribution is -2.34. The van der Waals surface area contributed by atoms with Gasteiger partial charge in [0, 0.05) is 6.07 Å². The highest BCUT2D eigenvalue weighted by Crippen LogP contribution is 2.14. The number of hydrogen-bond acceptors (Lipinski definition) is 5. The normalized spacial score (nSPS) is 11.9. The standard InChI is InChI=1S/C17H19N5O2/c1-3-15(17(23)20-16-9-12(2)24-21-16)19-13-10-18-22(11-13)14-7-5-4-6-8-14/h4-11,15,19H,3H2,1-2H3,(H,20,21,23). The number of anilines is 2. The summed E-state index contributed by atoms with van der Waals surface area (Å²) in [6.45, 7) is 3.71. The zero-order valence-electron chi connectivity index (χ0n) is 13.6. The second-order valence-corrected chi connectivity index (χ2v) is 5.43. The van der Waals surface area contributed by atoms with Crippen LogP contribution in [0.1, 0.15) is 19.1 Å². The Morgan fingerprint density at radius 1 is 1.33 bits per heavy atom. The third-order valence-corrected chi connectivity index (χ3v) is 3.55. The molecule has 124 valence electrons. The Morgan fingerprint density at radius 3 is 2.79 bits per heavy atom. The van der Waals surface area contributed by atoms with E-state index in [1.807, 2.05) is 43.5 Å². The van der Waals surface area contributed by atoms with Crippen LogP contribution in [0.4, 0.5) is 11.5 Å². The number of rotatable bonds is 6. The molecule has 0 saturated carbocycles. The van der Waals surface area contributed by atoms with Crippen LogP contribution in [-0.4, -0.2) is 26.9 Å². The molecule has 3 aromatic rings. The summed E-state index contributed by atoms with van der Waals surface area (Å²) >= 11 is 0. The van der Waals surface area contributed by atoms with Crippen molar-refractivity contribution in [2.45, 2.75) is 26.3 Å². The van der Waals surface area contributed by atoms with Gasteiger partial charge >= 0.3 is 0 Å². The Morgan fingerprint density at radius 2 is 2.12 bits per heavy atom. The summed E-state index contributed by atoms with van der Waals surface area (Å²) in [4.78, 5) is 12.4. The molecule has 0 spiro atoms. The molecule has 3 rings (SSSR count). The summed E-state index contributed by atoms with van der Waals surface area (Å²) in [5.74, 6) is 0.895. The molecule has 1 aromatic carbocycles. The summed E-state index contributed by atoms with van der Waals surface area (Å²) in [7, 11) is 0. The molecule has 0 bridgehead atoms. The Bertz CT molecular complexity index is 809. The number of carbonyl (C=O) groups is 1. The van der Waals surface area contributed by atoms with E-state index in [2.05, 4.69) is 20.9 Å². The smallest absolute Gasteiger partial charge is 0.248 e. The number of amides is 1. The first-order chi connectivity index (χ1) is 11.7. The van der Waals surface area contributed by atoms with Gasteiger partial charge in [0.2, 0.25) is 5.91 Å². The SMILES string of the molecule is CCC(Nc1cnn(-c2ccccc2)c1)C(=O)Nc1cc(C)on1. The van der Waals surface area contributed by atoms with Crippen molar-refractivity contribution in [1.29, 1.82) is 0 Å². The van der Waals surface area contributed by atoms with Gasteiger partial charge in [0.05, 0.1) is 23.8 Å². The summed E-state index contributed by atoms with van der Waals surface area (Å²) in [6.07, 6.45) is 4.17. The molecule has 2 aromatic heterocycles. The van der Waals surface area contributed by atoms with Crippen molar-refractivity contribution in [1.82, 2.24) is 14.9 Å². The molecule has 0 fully saturated rings. The summed E-state index contributed by atoms with van der Waals surface area (Å²) in [5, 5.41) is 14.0. The number of aryl methyl sites for hydroxylation is 1. The minimum absolute atomic E-state index is 0.168. The Balaban J connectivity index is 1.67. The number of aromatic nitrogens is 3. The van der Waals surface area contributed by atoms with E-state index < -0.39 is 6.04 Å². The van der Waals surface area contributed by atoms with Gasteiger partial charge < -0.3 is 15.2 Å². The maximum atomic E-state index is 12.4. The number of carbonyl (C=O) groups excluding carboxylic acids is 1. The van der Waals surface area contributed by atoms with Gasteiger partial charge in [0.1, 0.15) is 11.8 Å². The molecule has 7 heteroatoms. The first-order valence-electron chi connectivity index (χ1n) is 7.76. The van der Waals surface area contributed by atoms with Crippen LogP contribution in [0.15, 0.2) is 53.3 Å². The zero-order valence-corrected chi connectivity index (χ0v) is 13.6. The van der Waals surface area contributed by atoms with Gasteiger partial charge in [-0.05, 0) is 25.5 Å². The minimum Gasteiger partial charge on any atom is -0.371 e. The highest BCUT2D eigenvalue weighted by Gasteiger charge is 2.18. The molecule has 0 aliphatic rings. The molecule has 0 aliphatic heterocycles. The third kappa shape index (κ3) is 3.62. The first kappa shape index (κ1) is 15.8. The molecule has 0 saturated heterocycles. The second-order valence-electron chi connectivity index (χ2n) is 5.43.